The van der Waals surface area contributed by atoms with E-state index in [1.54, 1.807) is 6.07 Å². The van der Waals surface area contributed by atoms with Crippen molar-refractivity contribution in [3.8, 4) is 0 Å². The van der Waals surface area contributed by atoms with Gasteiger partial charge in [0.25, 0.3) is 0 Å². The molecule has 0 aromatic heterocycles. The van der Waals surface area contributed by atoms with E-state index in [2.05, 4.69) is 12.2 Å². The fourth-order valence-corrected chi connectivity index (χ4v) is 3.54. The Morgan fingerprint density at radius 2 is 1.95 bits per heavy atom. The summed E-state index contributed by atoms with van der Waals surface area (Å²) in [5.74, 6) is 0.665. The maximum Gasteiger partial charge on any atom is 0.226 e. The van der Waals surface area contributed by atoms with E-state index in [4.69, 9.17) is 23.2 Å². The highest BCUT2D eigenvalue weighted by atomic mass is 35.5. The Bertz CT molecular complexity index is 517. The van der Waals surface area contributed by atoms with Crippen molar-refractivity contribution in [1.82, 2.24) is 10.2 Å². The van der Waals surface area contributed by atoms with Crippen molar-refractivity contribution in [2.24, 2.45) is 5.92 Å². The first kappa shape index (κ1) is 16.9. The number of rotatable bonds is 2. The molecular formula is C15H19Cl3N2O. The topological polar surface area (TPSA) is 32.3 Å². The maximum atomic E-state index is 12.5. The minimum Gasteiger partial charge on any atom is -0.340 e. The molecular weight excluding hydrogens is 331 g/mol. The number of hydrogen-bond donors (Lipinski definition) is 1. The van der Waals surface area contributed by atoms with Gasteiger partial charge in [0.15, 0.2) is 0 Å². The molecule has 1 N–H and O–H groups in total. The highest BCUT2D eigenvalue weighted by molar-refractivity contribution is 6.34. The molecule has 0 radical (unpaired) electrons. The standard InChI is InChI=1S/C15H18Cl2N2O.ClH/c1-9-8-19(3-2-18-9)15(20)14-7-13(14)10-4-11(16)6-12(17)5-10;/h4-6,9,13-14,18H,2-3,7-8H2,1H3;1H. The van der Waals surface area contributed by atoms with Crippen LogP contribution in [-0.2, 0) is 4.79 Å². The summed E-state index contributed by atoms with van der Waals surface area (Å²) in [5.41, 5.74) is 1.09. The largest absolute Gasteiger partial charge is 0.340 e. The van der Waals surface area contributed by atoms with Crippen LogP contribution in [0.4, 0.5) is 0 Å². The molecule has 0 spiro atoms. The van der Waals surface area contributed by atoms with Crippen molar-refractivity contribution < 1.29 is 4.79 Å². The van der Waals surface area contributed by atoms with E-state index in [1.807, 2.05) is 17.0 Å². The summed E-state index contributed by atoms with van der Waals surface area (Å²) in [6.45, 7) is 4.61. The van der Waals surface area contributed by atoms with Crippen LogP contribution in [0.3, 0.4) is 0 Å². The molecule has 2 aliphatic rings. The first-order valence-corrected chi connectivity index (χ1v) is 7.78. The van der Waals surface area contributed by atoms with E-state index in [-0.39, 0.29) is 30.2 Å². The van der Waals surface area contributed by atoms with E-state index in [0.29, 0.717) is 16.1 Å². The Hall–Kier alpha value is -0.480. The third kappa shape index (κ3) is 3.84. The van der Waals surface area contributed by atoms with Gasteiger partial charge in [0.05, 0.1) is 0 Å². The second-order valence-electron chi connectivity index (χ2n) is 5.79. The Kier molecular flexibility index (Phi) is 5.42. The van der Waals surface area contributed by atoms with Gasteiger partial charge in [-0.05, 0) is 43.0 Å². The van der Waals surface area contributed by atoms with Crippen LogP contribution in [0.1, 0.15) is 24.8 Å². The fraction of sp³-hybridized carbons (Fsp3) is 0.533. The molecule has 1 aromatic rings. The average Bonchev–Trinajstić information content (AvgIpc) is 3.17. The van der Waals surface area contributed by atoms with Crippen LogP contribution >= 0.6 is 35.6 Å². The van der Waals surface area contributed by atoms with Crippen molar-refractivity contribution in [1.29, 1.82) is 0 Å². The third-order valence-corrected chi connectivity index (χ3v) is 4.54. The quantitative estimate of drug-likeness (QED) is 0.888. The van der Waals surface area contributed by atoms with Gasteiger partial charge in [-0.15, -0.1) is 12.4 Å². The lowest BCUT2D eigenvalue weighted by Crippen LogP contribution is -2.51. The van der Waals surface area contributed by atoms with Gasteiger partial charge in [-0.25, -0.2) is 0 Å². The summed E-state index contributed by atoms with van der Waals surface area (Å²) in [5, 5.41) is 4.64. The molecule has 1 aliphatic carbocycles. The van der Waals surface area contributed by atoms with Crippen LogP contribution in [-0.4, -0.2) is 36.5 Å². The summed E-state index contributed by atoms with van der Waals surface area (Å²) in [4.78, 5) is 14.5. The molecule has 21 heavy (non-hydrogen) atoms. The molecule has 3 atom stereocenters. The molecule has 6 heteroatoms. The monoisotopic (exact) mass is 348 g/mol. The first-order valence-electron chi connectivity index (χ1n) is 7.03. The lowest BCUT2D eigenvalue weighted by Gasteiger charge is -2.32. The summed E-state index contributed by atoms with van der Waals surface area (Å²) in [6.07, 6.45) is 0.911. The van der Waals surface area contributed by atoms with Crippen LogP contribution in [0.2, 0.25) is 10.0 Å². The molecule has 1 saturated heterocycles. The smallest absolute Gasteiger partial charge is 0.226 e. The molecule has 2 fully saturated rings. The van der Waals surface area contributed by atoms with Gasteiger partial charge >= 0.3 is 0 Å². The Morgan fingerprint density at radius 3 is 2.57 bits per heavy atom. The zero-order valence-corrected chi connectivity index (χ0v) is 14.1. The van der Waals surface area contributed by atoms with Crippen LogP contribution in [0.15, 0.2) is 18.2 Å². The first-order chi connectivity index (χ1) is 9.54. The van der Waals surface area contributed by atoms with Crippen molar-refractivity contribution >= 4 is 41.5 Å². The number of nitrogens with zero attached hydrogens (tertiary/aromatic N) is 1. The number of benzene rings is 1. The summed E-state index contributed by atoms with van der Waals surface area (Å²) in [6, 6.07) is 5.95. The molecule has 1 saturated carbocycles. The maximum absolute atomic E-state index is 12.5. The number of halogens is 3. The van der Waals surface area contributed by atoms with E-state index >= 15 is 0 Å². The normalized spacial score (nSPS) is 28.0. The summed E-state index contributed by atoms with van der Waals surface area (Å²) < 4.78 is 0. The molecule has 1 amide bonds. The van der Waals surface area contributed by atoms with E-state index in [9.17, 15) is 4.79 Å². The molecule has 3 unspecified atom stereocenters. The number of amides is 1. The van der Waals surface area contributed by atoms with E-state index in [0.717, 1.165) is 31.6 Å². The highest BCUT2D eigenvalue weighted by Crippen LogP contribution is 2.49. The Labute approximate surface area is 141 Å². The molecule has 1 aliphatic heterocycles. The average molecular weight is 350 g/mol. The van der Waals surface area contributed by atoms with Gasteiger partial charge in [-0.3, -0.25) is 4.79 Å². The number of hydrogen-bond acceptors (Lipinski definition) is 2. The van der Waals surface area contributed by atoms with Gasteiger partial charge in [0.2, 0.25) is 5.91 Å². The predicted molar refractivity (Wildman–Crippen MR) is 88.6 cm³/mol. The molecule has 0 bridgehead atoms. The van der Waals surface area contributed by atoms with Crippen molar-refractivity contribution in [2.75, 3.05) is 19.6 Å². The van der Waals surface area contributed by atoms with Crippen LogP contribution < -0.4 is 5.32 Å². The number of carbonyl (C=O) groups is 1. The lowest BCUT2D eigenvalue weighted by molar-refractivity contribution is -0.133. The zero-order valence-electron chi connectivity index (χ0n) is 11.8. The molecule has 1 heterocycles. The minimum absolute atomic E-state index is 0. The number of piperazine rings is 1. The van der Waals surface area contributed by atoms with Crippen molar-refractivity contribution in [2.45, 2.75) is 25.3 Å². The molecule has 3 nitrogen and oxygen atoms in total. The van der Waals surface area contributed by atoms with Crippen LogP contribution in [0, 0.1) is 5.92 Å². The van der Waals surface area contributed by atoms with Gasteiger partial charge in [-0.2, -0.15) is 0 Å². The van der Waals surface area contributed by atoms with Gasteiger partial charge in [0, 0.05) is 41.6 Å². The summed E-state index contributed by atoms with van der Waals surface area (Å²) in [7, 11) is 0. The molecule has 3 rings (SSSR count). The van der Waals surface area contributed by atoms with E-state index < -0.39 is 0 Å². The second-order valence-corrected chi connectivity index (χ2v) is 6.66. The summed E-state index contributed by atoms with van der Waals surface area (Å²) >= 11 is 12.1. The molecule has 1 aromatic carbocycles. The van der Waals surface area contributed by atoms with Crippen molar-refractivity contribution in [3.63, 3.8) is 0 Å². The van der Waals surface area contributed by atoms with E-state index in [1.165, 1.54) is 0 Å². The molecule has 116 valence electrons. The minimum atomic E-state index is 0. The predicted octanol–water partition coefficient (Wildman–Crippen LogP) is 3.34. The highest BCUT2D eigenvalue weighted by Gasteiger charge is 2.46. The van der Waals surface area contributed by atoms with Gasteiger partial charge in [-0.1, -0.05) is 23.2 Å². The van der Waals surface area contributed by atoms with Crippen LogP contribution in [0.25, 0.3) is 0 Å². The van der Waals surface area contributed by atoms with Gasteiger partial charge < -0.3 is 10.2 Å². The Balaban J connectivity index is 0.00000161. The van der Waals surface area contributed by atoms with Gasteiger partial charge in [0.1, 0.15) is 0 Å². The number of nitrogens with one attached hydrogen (secondary N) is 1. The fourth-order valence-electron chi connectivity index (χ4n) is 2.99. The SMILES string of the molecule is CC1CN(C(=O)C2CC2c2cc(Cl)cc(Cl)c2)CCN1.Cl. The zero-order chi connectivity index (χ0) is 14.3. The van der Waals surface area contributed by atoms with Crippen molar-refractivity contribution in [3.05, 3.63) is 33.8 Å². The third-order valence-electron chi connectivity index (χ3n) is 4.10. The number of carbonyl (C=O) groups excluding carboxylic acids is 1. The van der Waals surface area contributed by atoms with Crippen LogP contribution in [0.5, 0.6) is 0 Å². The second kappa shape index (κ2) is 6.74. The Morgan fingerprint density at radius 1 is 1.29 bits per heavy atom. The lowest BCUT2D eigenvalue weighted by atomic mass is 10.1.